The van der Waals surface area contributed by atoms with E-state index in [-0.39, 0.29) is 0 Å². The molecule has 0 amide bonds. The highest BCUT2D eigenvalue weighted by atomic mass is 32.2. The summed E-state index contributed by atoms with van der Waals surface area (Å²) in [6.07, 6.45) is 12.5. The molecule has 5 heteroatoms. The van der Waals surface area contributed by atoms with Gasteiger partial charge in [-0.25, -0.2) is 4.98 Å². The van der Waals surface area contributed by atoms with Gasteiger partial charge in [-0.05, 0) is 25.2 Å². The summed E-state index contributed by atoms with van der Waals surface area (Å²) in [6.45, 7) is 0.928. The lowest BCUT2D eigenvalue weighted by Crippen LogP contribution is -2.14. The molecule has 0 saturated heterocycles. The summed E-state index contributed by atoms with van der Waals surface area (Å²) in [6, 6.07) is 0. The number of imidazole rings is 1. The standard InChI is InChI=1S/C14H24N4S/c15-14(18-11-12-5-2-1-3-6-12)19-10-4-7-13-16-8-9-17-13/h8-9,12H,1-7,10-11H2,(H2,15,18)(H,16,17). The molecule has 1 aliphatic rings. The van der Waals surface area contributed by atoms with E-state index >= 15 is 0 Å². The average molecular weight is 280 g/mol. The van der Waals surface area contributed by atoms with Gasteiger partial charge in [-0.2, -0.15) is 0 Å². The van der Waals surface area contributed by atoms with E-state index in [9.17, 15) is 0 Å². The van der Waals surface area contributed by atoms with Gasteiger partial charge < -0.3 is 10.7 Å². The second-order valence-electron chi connectivity index (χ2n) is 5.17. The molecule has 0 radical (unpaired) electrons. The van der Waals surface area contributed by atoms with Gasteiger partial charge in [-0.15, -0.1) is 0 Å². The molecule has 0 bridgehead atoms. The number of aryl methyl sites for hydroxylation is 1. The van der Waals surface area contributed by atoms with Crippen LogP contribution in [0.5, 0.6) is 0 Å². The van der Waals surface area contributed by atoms with Gasteiger partial charge in [-0.1, -0.05) is 31.0 Å². The number of rotatable bonds is 6. The van der Waals surface area contributed by atoms with Gasteiger partial charge in [-0.3, -0.25) is 4.99 Å². The molecule has 0 unspecified atom stereocenters. The molecule has 3 N–H and O–H groups in total. The maximum absolute atomic E-state index is 5.94. The highest BCUT2D eigenvalue weighted by molar-refractivity contribution is 8.13. The zero-order chi connectivity index (χ0) is 13.3. The SMILES string of the molecule is NC(=NCC1CCCCC1)SCCCc1ncc[nH]1. The summed E-state index contributed by atoms with van der Waals surface area (Å²) in [5, 5.41) is 0.755. The van der Waals surface area contributed by atoms with Gasteiger partial charge in [0.05, 0.1) is 0 Å². The summed E-state index contributed by atoms with van der Waals surface area (Å²) in [5.41, 5.74) is 5.94. The molecular formula is C14H24N4S. The number of nitrogens with one attached hydrogen (secondary N) is 1. The zero-order valence-corrected chi connectivity index (χ0v) is 12.3. The smallest absolute Gasteiger partial charge is 0.153 e. The van der Waals surface area contributed by atoms with E-state index in [4.69, 9.17) is 5.73 Å². The number of hydrogen-bond donors (Lipinski definition) is 2. The third-order valence-corrected chi connectivity index (χ3v) is 4.51. The molecule has 0 aromatic carbocycles. The molecule has 0 spiro atoms. The summed E-state index contributed by atoms with van der Waals surface area (Å²) in [4.78, 5) is 11.8. The lowest BCUT2D eigenvalue weighted by Gasteiger charge is -2.19. The van der Waals surface area contributed by atoms with Crippen molar-refractivity contribution in [1.29, 1.82) is 0 Å². The van der Waals surface area contributed by atoms with Crippen LogP contribution in [0.4, 0.5) is 0 Å². The van der Waals surface area contributed by atoms with Crippen molar-refractivity contribution >= 4 is 16.9 Å². The van der Waals surface area contributed by atoms with Crippen LogP contribution in [-0.2, 0) is 6.42 Å². The Morgan fingerprint density at radius 3 is 3.00 bits per heavy atom. The molecule has 1 aromatic heterocycles. The quantitative estimate of drug-likeness (QED) is 0.478. The van der Waals surface area contributed by atoms with Crippen LogP contribution in [0.3, 0.4) is 0 Å². The van der Waals surface area contributed by atoms with Crippen LogP contribution in [0.25, 0.3) is 0 Å². The third kappa shape index (κ3) is 5.68. The van der Waals surface area contributed by atoms with Crippen molar-refractivity contribution < 1.29 is 0 Å². The van der Waals surface area contributed by atoms with Crippen LogP contribution in [0.1, 0.15) is 44.3 Å². The molecule has 1 aromatic rings. The number of thioether (sulfide) groups is 1. The van der Waals surface area contributed by atoms with E-state index in [2.05, 4.69) is 15.0 Å². The van der Waals surface area contributed by atoms with Crippen LogP contribution in [0.15, 0.2) is 17.4 Å². The van der Waals surface area contributed by atoms with E-state index in [1.54, 1.807) is 18.0 Å². The molecule has 106 valence electrons. The number of nitrogens with zero attached hydrogens (tertiary/aromatic N) is 2. The van der Waals surface area contributed by atoms with E-state index in [1.165, 1.54) is 32.1 Å². The lowest BCUT2D eigenvalue weighted by molar-refractivity contribution is 0.367. The molecular weight excluding hydrogens is 256 g/mol. The number of amidine groups is 1. The van der Waals surface area contributed by atoms with Crippen molar-refractivity contribution in [3.8, 4) is 0 Å². The fourth-order valence-corrected chi connectivity index (χ4v) is 3.15. The molecule has 4 nitrogen and oxygen atoms in total. The number of aliphatic imine (C=N–C) groups is 1. The topological polar surface area (TPSA) is 67.1 Å². The average Bonchev–Trinajstić information content (AvgIpc) is 2.96. The number of nitrogens with two attached hydrogens (primary N) is 1. The second kappa shape index (κ2) is 8.25. The third-order valence-electron chi connectivity index (χ3n) is 3.59. The Morgan fingerprint density at radius 1 is 1.42 bits per heavy atom. The van der Waals surface area contributed by atoms with Gasteiger partial charge in [0, 0.05) is 31.1 Å². The predicted molar refractivity (Wildman–Crippen MR) is 82.4 cm³/mol. The Kier molecular flexibility index (Phi) is 6.27. The Bertz CT molecular complexity index is 369. The Hall–Kier alpha value is -0.970. The van der Waals surface area contributed by atoms with Crippen LogP contribution in [0.2, 0.25) is 0 Å². The molecule has 0 atom stereocenters. The lowest BCUT2D eigenvalue weighted by atomic mass is 9.89. The predicted octanol–water partition coefficient (Wildman–Crippen LogP) is 2.97. The molecule has 2 rings (SSSR count). The first kappa shape index (κ1) is 14.4. The zero-order valence-electron chi connectivity index (χ0n) is 11.5. The van der Waals surface area contributed by atoms with Gasteiger partial charge >= 0.3 is 0 Å². The van der Waals surface area contributed by atoms with E-state index in [1.807, 2.05) is 6.20 Å². The van der Waals surface area contributed by atoms with Crippen molar-refractivity contribution in [1.82, 2.24) is 9.97 Å². The summed E-state index contributed by atoms with van der Waals surface area (Å²) in [5.74, 6) is 2.84. The first-order chi connectivity index (χ1) is 9.34. The minimum Gasteiger partial charge on any atom is -0.379 e. The fourth-order valence-electron chi connectivity index (χ4n) is 2.49. The minimum absolute atomic E-state index is 0.755. The monoisotopic (exact) mass is 280 g/mol. The van der Waals surface area contributed by atoms with Crippen molar-refractivity contribution in [2.45, 2.75) is 44.9 Å². The van der Waals surface area contributed by atoms with Gasteiger partial charge in [0.2, 0.25) is 0 Å². The van der Waals surface area contributed by atoms with Crippen molar-refractivity contribution in [3.63, 3.8) is 0 Å². The minimum atomic E-state index is 0.755. The summed E-state index contributed by atoms with van der Waals surface area (Å²) >= 11 is 1.67. The number of aromatic nitrogens is 2. The van der Waals surface area contributed by atoms with Crippen LogP contribution >= 0.6 is 11.8 Å². The molecule has 1 heterocycles. The maximum atomic E-state index is 5.94. The second-order valence-corrected chi connectivity index (χ2v) is 6.29. The number of aromatic amines is 1. The molecule has 1 saturated carbocycles. The molecule has 0 aliphatic heterocycles. The van der Waals surface area contributed by atoms with E-state index in [0.29, 0.717) is 0 Å². The Balaban J connectivity index is 1.56. The van der Waals surface area contributed by atoms with Gasteiger partial charge in [0.25, 0.3) is 0 Å². The summed E-state index contributed by atoms with van der Waals surface area (Å²) < 4.78 is 0. The maximum Gasteiger partial charge on any atom is 0.153 e. The largest absolute Gasteiger partial charge is 0.379 e. The molecule has 19 heavy (non-hydrogen) atoms. The van der Waals surface area contributed by atoms with Gasteiger partial charge in [0.15, 0.2) is 5.17 Å². The van der Waals surface area contributed by atoms with Crippen LogP contribution in [-0.4, -0.2) is 27.4 Å². The summed E-state index contributed by atoms with van der Waals surface area (Å²) in [7, 11) is 0. The normalized spacial score (nSPS) is 17.8. The van der Waals surface area contributed by atoms with Crippen molar-refractivity contribution in [2.75, 3.05) is 12.3 Å². The highest BCUT2D eigenvalue weighted by Gasteiger charge is 2.12. The Morgan fingerprint density at radius 2 is 2.26 bits per heavy atom. The fraction of sp³-hybridized carbons (Fsp3) is 0.714. The molecule has 1 aliphatic carbocycles. The number of hydrogen-bond acceptors (Lipinski definition) is 3. The highest BCUT2D eigenvalue weighted by Crippen LogP contribution is 2.23. The van der Waals surface area contributed by atoms with Crippen LogP contribution in [0, 0.1) is 5.92 Å². The van der Waals surface area contributed by atoms with E-state index in [0.717, 1.165) is 42.0 Å². The van der Waals surface area contributed by atoms with Gasteiger partial charge in [0.1, 0.15) is 5.82 Å². The Labute approximate surface area is 119 Å². The van der Waals surface area contributed by atoms with Crippen molar-refractivity contribution in [2.24, 2.45) is 16.6 Å². The van der Waals surface area contributed by atoms with Crippen molar-refractivity contribution in [3.05, 3.63) is 18.2 Å². The first-order valence-electron chi connectivity index (χ1n) is 7.25. The van der Waals surface area contributed by atoms with E-state index < -0.39 is 0 Å². The van der Waals surface area contributed by atoms with Crippen LogP contribution < -0.4 is 5.73 Å². The molecule has 1 fully saturated rings. The first-order valence-corrected chi connectivity index (χ1v) is 8.24. The number of H-pyrrole nitrogens is 1.